The van der Waals surface area contributed by atoms with E-state index in [0.29, 0.717) is 5.02 Å². The molecule has 0 aliphatic rings. The number of nitrogens with one attached hydrogen (secondary N) is 1. The zero-order chi connectivity index (χ0) is 13.9. The summed E-state index contributed by atoms with van der Waals surface area (Å²) in [5, 5.41) is 11.8. The van der Waals surface area contributed by atoms with Gasteiger partial charge in [-0.1, -0.05) is 31.5 Å². The highest BCUT2D eigenvalue weighted by Crippen LogP contribution is 2.18. The first kappa shape index (κ1) is 14.5. The van der Waals surface area contributed by atoms with E-state index in [1.54, 1.807) is 32.0 Å². The molecule has 98 valence electrons. The minimum atomic E-state index is -1.05. The van der Waals surface area contributed by atoms with Gasteiger partial charge in [0.1, 0.15) is 6.04 Å². The number of hydrogen-bond donors (Lipinski definition) is 2. The number of carboxylic acids is 1. The van der Waals surface area contributed by atoms with Gasteiger partial charge < -0.3 is 10.4 Å². The zero-order valence-electron chi connectivity index (χ0n) is 10.5. The number of carboxylic acid groups (broad SMARTS) is 1. The number of hydrogen-bond acceptors (Lipinski definition) is 2. The Hall–Kier alpha value is -1.55. The number of halogens is 1. The van der Waals surface area contributed by atoms with Gasteiger partial charge in [-0.3, -0.25) is 4.79 Å². The molecule has 4 nitrogen and oxygen atoms in total. The molecule has 1 rings (SSSR count). The molecule has 18 heavy (non-hydrogen) atoms. The van der Waals surface area contributed by atoms with E-state index in [-0.39, 0.29) is 11.5 Å². The van der Waals surface area contributed by atoms with Gasteiger partial charge in [0.25, 0.3) is 5.91 Å². The molecule has 0 heterocycles. The number of carbonyl (C=O) groups is 2. The monoisotopic (exact) mass is 269 g/mol. The summed E-state index contributed by atoms with van der Waals surface area (Å²) in [4.78, 5) is 22.9. The van der Waals surface area contributed by atoms with Crippen LogP contribution in [0, 0.1) is 12.8 Å². The quantitative estimate of drug-likeness (QED) is 0.882. The first-order chi connectivity index (χ1) is 8.32. The van der Waals surface area contributed by atoms with E-state index in [9.17, 15) is 9.59 Å². The molecular weight excluding hydrogens is 254 g/mol. The maximum absolute atomic E-state index is 11.9. The van der Waals surface area contributed by atoms with E-state index >= 15 is 0 Å². The topological polar surface area (TPSA) is 66.4 Å². The first-order valence-electron chi connectivity index (χ1n) is 5.62. The molecule has 0 aliphatic carbocycles. The Balaban J connectivity index is 2.91. The van der Waals surface area contributed by atoms with Crippen LogP contribution in [-0.4, -0.2) is 23.0 Å². The van der Waals surface area contributed by atoms with Crippen LogP contribution in [0.3, 0.4) is 0 Å². The molecule has 1 aromatic rings. The second-order valence-corrected chi connectivity index (χ2v) is 4.92. The van der Waals surface area contributed by atoms with E-state index in [2.05, 4.69) is 5.32 Å². The summed E-state index contributed by atoms with van der Waals surface area (Å²) in [6, 6.07) is 4.09. The molecule has 0 fully saturated rings. The molecule has 2 N–H and O–H groups in total. The average molecular weight is 270 g/mol. The van der Waals surface area contributed by atoms with Crippen molar-refractivity contribution < 1.29 is 14.7 Å². The van der Waals surface area contributed by atoms with Gasteiger partial charge in [-0.15, -0.1) is 0 Å². The minimum absolute atomic E-state index is 0.198. The van der Waals surface area contributed by atoms with E-state index in [1.165, 1.54) is 0 Å². The molecule has 0 saturated heterocycles. The van der Waals surface area contributed by atoms with Crippen molar-refractivity contribution in [1.82, 2.24) is 5.32 Å². The highest BCUT2D eigenvalue weighted by molar-refractivity contribution is 6.33. The maximum Gasteiger partial charge on any atom is 0.326 e. The molecule has 0 aliphatic heterocycles. The summed E-state index contributed by atoms with van der Waals surface area (Å²) in [6.07, 6.45) is 0. The fourth-order valence-corrected chi connectivity index (χ4v) is 1.86. The number of rotatable bonds is 4. The van der Waals surface area contributed by atoms with Gasteiger partial charge in [-0.25, -0.2) is 4.79 Å². The predicted molar refractivity (Wildman–Crippen MR) is 69.9 cm³/mol. The molecule has 0 radical (unpaired) electrons. The van der Waals surface area contributed by atoms with Crippen LogP contribution in [0.2, 0.25) is 5.02 Å². The number of carbonyl (C=O) groups excluding carboxylic acids is 1. The van der Waals surface area contributed by atoms with Crippen molar-refractivity contribution >= 4 is 23.5 Å². The molecule has 1 amide bonds. The second-order valence-electron chi connectivity index (χ2n) is 4.52. The number of benzene rings is 1. The Morgan fingerprint density at radius 1 is 1.33 bits per heavy atom. The van der Waals surface area contributed by atoms with Gasteiger partial charge in [-0.05, 0) is 30.5 Å². The molecule has 0 saturated carbocycles. The molecule has 1 aromatic carbocycles. The third-order valence-electron chi connectivity index (χ3n) is 2.59. The van der Waals surface area contributed by atoms with Crippen molar-refractivity contribution in [2.45, 2.75) is 26.8 Å². The third kappa shape index (κ3) is 3.47. The Bertz CT molecular complexity index is 471. The van der Waals surface area contributed by atoms with Gasteiger partial charge in [0.05, 0.1) is 10.6 Å². The van der Waals surface area contributed by atoms with Crippen LogP contribution in [-0.2, 0) is 4.79 Å². The van der Waals surface area contributed by atoms with E-state index in [4.69, 9.17) is 16.7 Å². The Morgan fingerprint density at radius 3 is 2.39 bits per heavy atom. The lowest BCUT2D eigenvalue weighted by molar-refractivity contribution is -0.140. The van der Waals surface area contributed by atoms with Crippen molar-refractivity contribution in [3.05, 3.63) is 34.3 Å². The van der Waals surface area contributed by atoms with Crippen LogP contribution >= 0.6 is 11.6 Å². The largest absolute Gasteiger partial charge is 0.480 e. The van der Waals surface area contributed by atoms with Gasteiger partial charge in [0.15, 0.2) is 0 Å². The van der Waals surface area contributed by atoms with Gasteiger partial charge in [0, 0.05) is 0 Å². The fourth-order valence-electron chi connectivity index (χ4n) is 1.54. The second kappa shape index (κ2) is 5.87. The number of aliphatic carboxylic acids is 1. The predicted octanol–water partition coefficient (Wildman–Crippen LogP) is 2.49. The van der Waals surface area contributed by atoms with E-state index in [1.807, 2.05) is 6.92 Å². The average Bonchev–Trinajstić information content (AvgIpc) is 2.24. The number of aryl methyl sites for hydroxylation is 1. The molecule has 0 spiro atoms. The molecule has 0 bridgehead atoms. The van der Waals surface area contributed by atoms with E-state index in [0.717, 1.165) is 5.56 Å². The van der Waals surface area contributed by atoms with Crippen LogP contribution in [0.25, 0.3) is 0 Å². The summed E-state index contributed by atoms with van der Waals surface area (Å²) in [5.41, 5.74) is 1.23. The molecule has 1 atom stereocenters. The summed E-state index contributed by atoms with van der Waals surface area (Å²) in [5.74, 6) is -1.72. The highest BCUT2D eigenvalue weighted by Gasteiger charge is 2.24. The van der Waals surface area contributed by atoms with Crippen LogP contribution in [0.15, 0.2) is 18.2 Å². The Kier molecular flexibility index (Phi) is 4.73. The van der Waals surface area contributed by atoms with Gasteiger partial charge in [0.2, 0.25) is 0 Å². The maximum atomic E-state index is 11.9. The highest BCUT2D eigenvalue weighted by atomic mass is 35.5. The summed E-state index contributed by atoms with van der Waals surface area (Å²) < 4.78 is 0. The molecular formula is C13H16ClNO3. The first-order valence-corrected chi connectivity index (χ1v) is 6.00. The van der Waals surface area contributed by atoms with Crippen LogP contribution in [0.1, 0.15) is 29.8 Å². The lowest BCUT2D eigenvalue weighted by Gasteiger charge is -2.18. The van der Waals surface area contributed by atoms with Crippen molar-refractivity contribution in [2.75, 3.05) is 0 Å². The zero-order valence-corrected chi connectivity index (χ0v) is 11.3. The standard InChI is InChI=1S/C13H16ClNO3/c1-7(2)11(13(17)18)15-12(16)9-5-4-8(3)6-10(9)14/h4-7,11H,1-3H3,(H,15,16)(H,17,18)/t11-/m1/s1. The lowest BCUT2D eigenvalue weighted by Crippen LogP contribution is -2.44. The fraction of sp³-hybridized carbons (Fsp3) is 0.385. The van der Waals surface area contributed by atoms with Crippen molar-refractivity contribution in [3.8, 4) is 0 Å². The minimum Gasteiger partial charge on any atom is -0.480 e. The molecule has 0 aromatic heterocycles. The van der Waals surface area contributed by atoms with Crippen molar-refractivity contribution in [3.63, 3.8) is 0 Å². The summed E-state index contributed by atoms with van der Waals surface area (Å²) in [6.45, 7) is 5.33. The van der Waals surface area contributed by atoms with Crippen LogP contribution < -0.4 is 5.32 Å². The number of amides is 1. The Morgan fingerprint density at radius 2 is 1.94 bits per heavy atom. The smallest absolute Gasteiger partial charge is 0.326 e. The van der Waals surface area contributed by atoms with Gasteiger partial charge >= 0.3 is 5.97 Å². The summed E-state index contributed by atoms with van der Waals surface area (Å²) >= 11 is 5.96. The molecule has 0 unspecified atom stereocenters. The van der Waals surface area contributed by atoms with Crippen LogP contribution in [0.4, 0.5) is 0 Å². The molecule has 5 heteroatoms. The lowest BCUT2D eigenvalue weighted by atomic mass is 10.0. The van der Waals surface area contributed by atoms with Crippen LogP contribution in [0.5, 0.6) is 0 Å². The SMILES string of the molecule is Cc1ccc(C(=O)N[C@@H](C(=O)O)C(C)C)c(Cl)c1. The Labute approximate surface area is 111 Å². The van der Waals surface area contributed by atoms with Crippen molar-refractivity contribution in [2.24, 2.45) is 5.92 Å². The van der Waals surface area contributed by atoms with Gasteiger partial charge in [-0.2, -0.15) is 0 Å². The normalized spacial score (nSPS) is 12.3. The van der Waals surface area contributed by atoms with E-state index < -0.39 is 17.9 Å². The third-order valence-corrected chi connectivity index (χ3v) is 2.90. The summed E-state index contributed by atoms with van der Waals surface area (Å²) in [7, 11) is 0. The van der Waals surface area contributed by atoms with Crippen molar-refractivity contribution in [1.29, 1.82) is 0 Å².